The van der Waals surface area contributed by atoms with E-state index in [0.717, 1.165) is 36.1 Å². The first kappa shape index (κ1) is 18.0. The Morgan fingerprint density at radius 3 is 2.74 bits per heavy atom. The molecule has 0 bridgehead atoms. The zero-order valence-electron chi connectivity index (χ0n) is 16.0. The summed E-state index contributed by atoms with van der Waals surface area (Å²) in [6, 6.07) is 8.33. The van der Waals surface area contributed by atoms with Crippen molar-refractivity contribution in [3.8, 4) is 11.3 Å². The second-order valence-electron chi connectivity index (χ2n) is 7.10. The van der Waals surface area contributed by atoms with Gasteiger partial charge in [-0.15, -0.1) is 11.7 Å². The molecule has 0 radical (unpaired) electrons. The van der Waals surface area contributed by atoms with E-state index in [-0.39, 0.29) is 11.0 Å². The summed E-state index contributed by atoms with van der Waals surface area (Å²) in [6.45, 7) is 8.12. The molecule has 3 aromatic rings. The van der Waals surface area contributed by atoms with Crippen molar-refractivity contribution in [2.24, 2.45) is 7.05 Å². The van der Waals surface area contributed by atoms with E-state index < -0.39 is 0 Å². The number of fused-ring (bicyclic) bond motifs is 4. The Morgan fingerprint density at radius 2 is 2.04 bits per heavy atom. The molecule has 1 aliphatic rings. The highest BCUT2D eigenvalue weighted by Gasteiger charge is 2.40. The van der Waals surface area contributed by atoms with Gasteiger partial charge >= 0.3 is 0 Å². The Labute approximate surface area is 163 Å². The normalized spacial score (nSPS) is 14.8. The van der Waals surface area contributed by atoms with Gasteiger partial charge in [0.25, 0.3) is 5.56 Å². The Balaban J connectivity index is 2.11. The fourth-order valence-electron chi connectivity index (χ4n) is 4.23. The fraction of sp³-hybridized carbons (Fsp3) is 0.381. The molecule has 27 heavy (non-hydrogen) atoms. The van der Waals surface area contributed by atoms with Crippen LogP contribution < -0.4 is 5.56 Å². The van der Waals surface area contributed by atoms with Gasteiger partial charge in [0.05, 0.1) is 11.3 Å². The Morgan fingerprint density at radius 1 is 1.30 bits per heavy atom. The van der Waals surface area contributed by atoms with Gasteiger partial charge in [-0.25, -0.2) is 14.1 Å². The van der Waals surface area contributed by atoms with E-state index in [0.29, 0.717) is 16.7 Å². The van der Waals surface area contributed by atoms with Crippen LogP contribution in [-0.4, -0.2) is 24.9 Å². The molecule has 0 saturated heterocycles. The number of nitrogens with zero attached hydrogens (tertiary/aromatic N) is 4. The second-order valence-corrected chi connectivity index (χ2v) is 8.09. The van der Waals surface area contributed by atoms with Crippen LogP contribution in [0.2, 0.25) is 0 Å². The molecule has 0 unspecified atom stereocenters. The maximum Gasteiger partial charge on any atom is 0.265 e. The molecule has 140 valence electrons. The van der Waals surface area contributed by atoms with E-state index in [9.17, 15) is 4.79 Å². The summed E-state index contributed by atoms with van der Waals surface area (Å²) in [5.74, 6) is 1.29. The number of hydrogen-bond donors (Lipinski definition) is 0. The first-order valence-corrected chi connectivity index (χ1v) is 10.4. The van der Waals surface area contributed by atoms with Gasteiger partial charge in [0.2, 0.25) is 5.78 Å². The average molecular weight is 381 g/mol. The highest BCUT2D eigenvalue weighted by Crippen LogP contribution is 2.44. The summed E-state index contributed by atoms with van der Waals surface area (Å²) in [5, 5.41) is 5.22. The molecule has 6 heteroatoms. The van der Waals surface area contributed by atoms with E-state index in [2.05, 4.69) is 43.7 Å². The highest BCUT2D eigenvalue weighted by atomic mass is 32.2. The third-order valence-electron chi connectivity index (χ3n) is 5.80. The van der Waals surface area contributed by atoms with E-state index >= 15 is 0 Å². The van der Waals surface area contributed by atoms with Gasteiger partial charge in [0, 0.05) is 23.8 Å². The van der Waals surface area contributed by atoms with Gasteiger partial charge in [-0.05, 0) is 24.8 Å². The predicted octanol–water partition coefficient (Wildman–Crippen LogP) is 3.99. The number of aromatic nitrogens is 4. The fourth-order valence-corrected chi connectivity index (χ4v) is 4.97. The van der Waals surface area contributed by atoms with Crippen LogP contribution in [-0.2, 0) is 18.9 Å². The standard InChI is InChI=1S/C21H24N4OS/c1-5-12-27-20-23-24(4)19-22-17-15-11-9-8-10-14(15)13-21(6-2,7-3)16(17)18(26)25(19)20/h5,8-11H,1,6-7,12-13H2,2-4H3. The smallest absolute Gasteiger partial charge is 0.265 e. The SMILES string of the molecule is C=CCSc1nn(C)c2nc3c(c(=O)n12)C(CC)(CC)Cc1ccccc1-3. The molecule has 1 aromatic carbocycles. The van der Waals surface area contributed by atoms with Crippen LogP contribution in [0.25, 0.3) is 17.0 Å². The number of aryl methyl sites for hydroxylation is 1. The van der Waals surface area contributed by atoms with Crippen LogP contribution in [0.5, 0.6) is 0 Å². The summed E-state index contributed by atoms with van der Waals surface area (Å²) in [6.07, 6.45) is 4.51. The molecule has 2 aromatic heterocycles. The van der Waals surface area contributed by atoms with Gasteiger partial charge in [0.15, 0.2) is 5.16 Å². The molecule has 0 atom stereocenters. The molecular weight excluding hydrogens is 356 g/mol. The minimum Gasteiger partial charge on any atom is -0.268 e. The molecule has 2 heterocycles. The molecule has 0 aliphatic heterocycles. The van der Waals surface area contributed by atoms with E-state index in [1.54, 1.807) is 9.08 Å². The van der Waals surface area contributed by atoms with Crippen molar-refractivity contribution in [3.05, 3.63) is 58.4 Å². The molecule has 0 saturated carbocycles. The van der Waals surface area contributed by atoms with Gasteiger partial charge in [-0.2, -0.15) is 0 Å². The second kappa shape index (κ2) is 6.68. The summed E-state index contributed by atoms with van der Waals surface area (Å²) in [5.41, 5.74) is 3.85. The maximum atomic E-state index is 13.7. The number of thioether (sulfide) groups is 1. The zero-order chi connectivity index (χ0) is 19.2. The van der Waals surface area contributed by atoms with Gasteiger partial charge in [-0.1, -0.05) is 56.0 Å². The van der Waals surface area contributed by atoms with E-state index in [1.807, 2.05) is 19.2 Å². The molecule has 0 fully saturated rings. The van der Waals surface area contributed by atoms with E-state index in [1.165, 1.54) is 17.3 Å². The minimum atomic E-state index is -0.189. The molecule has 0 amide bonds. The van der Waals surface area contributed by atoms with Crippen LogP contribution in [0.4, 0.5) is 0 Å². The minimum absolute atomic E-state index is 0.0212. The van der Waals surface area contributed by atoms with Crippen LogP contribution in [0.3, 0.4) is 0 Å². The van der Waals surface area contributed by atoms with Crippen molar-refractivity contribution in [2.75, 3.05) is 5.75 Å². The average Bonchev–Trinajstić information content (AvgIpc) is 3.01. The molecule has 1 aliphatic carbocycles. The maximum absolute atomic E-state index is 13.7. The Bertz CT molecular complexity index is 1090. The molecular formula is C21H24N4OS. The Kier molecular flexibility index (Phi) is 4.46. The summed E-state index contributed by atoms with van der Waals surface area (Å²) < 4.78 is 3.38. The third-order valence-corrected chi connectivity index (χ3v) is 6.72. The van der Waals surface area contributed by atoms with Crippen LogP contribution in [0.1, 0.15) is 37.8 Å². The first-order valence-electron chi connectivity index (χ1n) is 9.38. The van der Waals surface area contributed by atoms with Crippen molar-refractivity contribution >= 4 is 17.5 Å². The van der Waals surface area contributed by atoms with Crippen LogP contribution >= 0.6 is 11.8 Å². The number of hydrogen-bond acceptors (Lipinski definition) is 4. The monoisotopic (exact) mass is 380 g/mol. The molecule has 0 spiro atoms. The Hall–Kier alpha value is -2.34. The van der Waals surface area contributed by atoms with Crippen molar-refractivity contribution in [2.45, 2.75) is 43.7 Å². The molecule has 0 N–H and O–H groups in total. The lowest BCUT2D eigenvalue weighted by Crippen LogP contribution is -2.39. The van der Waals surface area contributed by atoms with Gasteiger partial charge in [-0.3, -0.25) is 4.79 Å². The lowest BCUT2D eigenvalue weighted by atomic mass is 9.66. The predicted molar refractivity (Wildman–Crippen MR) is 111 cm³/mol. The first-order chi connectivity index (χ1) is 13.1. The quantitative estimate of drug-likeness (QED) is 0.496. The van der Waals surface area contributed by atoms with E-state index in [4.69, 9.17) is 4.98 Å². The largest absolute Gasteiger partial charge is 0.268 e. The van der Waals surface area contributed by atoms with Gasteiger partial charge < -0.3 is 0 Å². The summed E-state index contributed by atoms with van der Waals surface area (Å²) >= 11 is 1.51. The van der Waals surface area contributed by atoms with Crippen molar-refractivity contribution in [3.63, 3.8) is 0 Å². The summed E-state index contributed by atoms with van der Waals surface area (Å²) in [4.78, 5) is 18.7. The third kappa shape index (κ3) is 2.57. The van der Waals surface area contributed by atoms with Crippen LogP contribution in [0, 0.1) is 0 Å². The van der Waals surface area contributed by atoms with Crippen molar-refractivity contribution in [1.82, 2.24) is 19.2 Å². The van der Waals surface area contributed by atoms with Crippen molar-refractivity contribution < 1.29 is 0 Å². The number of rotatable bonds is 5. The lowest BCUT2D eigenvalue weighted by molar-refractivity contribution is 0.382. The lowest BCUT2D eigenvalue weighted by Gasteiger charge is -2.37. The molecule has 5 nitrogen and oxygen atoms in total. The zero-order valence-corrected chi connectivity index (χ0v) is 16.8. The summed E-state index contributed by atoms with van der Waals surface area (Å²) in [7, 11) is 1.84. The molecule has 4 rings (SSSR count). The van der Waals surface area contributed by atoms with Gasteiger partial charge in [0.1, 0.15) is 0 Å². The highest BCUT2D eigenvalue weighted by molar-refractivity contribution is 7.99. The van der Waals surface area contributed by atoms with Crippen LogP contribution in [0.15, 0.2) is 46.9 Å². The van der Waals surface area contributed by atoms with Crippen molar-refractivity contribution in [1.29, 1.82) is 0 Å². The topological polar surface area (TPSA) is 52.2 Å². The number of benzene rings is 1.